The molecule has 146 valence electrons. The molecule has 0 aliphatic rings. The topological polar surface area (TPSA) is 46.6 Å². The van der Waals surface area contributed by atoms with Gasteiger partial charge in [0.05, 0.1) is 6.42 Å². The number of carbonyl (C=O) groups excluding carboxylic acids is 2. The molecule has 0 N–H and O–H groups in total. The molecule has 2 rings (SSSR count). The Hall–Kier alpha value is -2.57. The van der Waals surface area contributed by atoms with Crippen LogP contribution in [0.3, 0.4) is 0 Å². The predicted molar refractivity (Wildman–Crippen MR) is 95.9 cm³/mol. The van der Waals surface area contributed by atoms with Gasteiger partial charge < -0.3 is 9.64 Å². The van der Waals surface area contributed by atoms with Crippen molar-refractivity contribution in [2.24, 2.45) is 0 Å². The second kappa shape index (κ2) is 7.98. The average Bonchev–Trinajstić information content (AvgIpc) is 2.55. The lowest BCUT2D eigenvalue weighted by molar-refractivity contribution is -0.186. The van der Waals surface area contributed by atoms with Gasteiger partial charge in [-0.25, -0.2) is 0 Å². The van der Waals surface area contributed by atoms with Crippen LogP contribution >= 0.6 is 0 Å². The first kappa shape index (κ1) is 20.7. The molecule has 4 nitrogen and oxygen atoms in total. The van der Waals surface area contributed by atoms with Gasteiger partial charge in [-0.3, -0.25) is 9.59 Å². The van der Waals surface area contributed by atoms with Gasteiger partial charge in [0.2, 0.25) is 0 Å². The number of hydrogen-bond donors (Lipinski definition) is 0. The summed E-state index contributed by atoms with van der Waals surface area (Å²) < 4.78 is 44.1. The number of ether oxygens (including phenoxy) is 1. The molecule has 0 bridgehead atoms. The second-order valence-electron chi connectivity index (χ2n) is 7.20. The molecular formula is C20H22F3NO3. The molecule has 7 heteroatoms. The highest BCUT2D eigenvalue weighted by atomic mass is 19.4. The SMILES string of the molecule is CC(C)(C)OC(=O)CCN(Cc1cccc2ccccc12)C(=O)C(F)(F)F. The van der Waals surface area contributed by atoms with Crippen LogP contribution in [-0.2, 0) is 20.9 Å². The Labute approximate surface area is 155 Å². The van der Waals surface area contributed by atoms with Gasteiger partial charge in [0.15, 0.2) is 0 Å². The molecule has 2 aromatic rings. The van der Waals surface area contributed by atoms with E-state index in [1.165, 1.54) is 0 Å². The van der Waals surface area contributed by atoms with Crippen LogP contribution in [0.15, 0.2) is 42.5 Å². The van der Waals surface area contributed by atoms with E-state index < -0.39 is 23.7 Å². The molecule has 0 atom stereocenters. The highest BCUT2D eigenvalue weighted by molar-refractivity contribution is 5.87. The molecule has 0 saturated heterocycles. The molecule has 0 radical (unpaired) electrons. The number of carbonyl (C=O) groups is 2. The lowest BCUT2D eigenvalue weighted by Crippen LogP contribution is -2.42. The van der Waals surface area contributed by atoms with E-state index >= 15 is 0 Å². The maximum atomic E-state index is 13.0. The summed E-state index contributed by atoms with van der Waals surface area (Å²) in [5.74, 6) is -2.63. The van der Waals surface area contributed by atoms with Crippen molar-refractivity contribution in [1.29, 1.82) is 0 Å². The zero-order valence-electron chi connectivity index (χ0n) is 15.5. The van der Waals surface area contributed by atoms with Crippen LogP contribution in [0.1, 0.15) is 32.8 Å². The molecule has 0 spiro atoms. The molecule has 0 saturated carbocycles. The Morgan fingerprint density at radius 3 is 2.26 bits per heavy atom. The average molecular weight is 381 g/mol. The van der Waals surface area contributed by atoms with Crippen LogP contribution in [-0.4, -0.2) is 35.1 Å². The molecule has 0 heterocycles. The van der Waals surface area contributed by atoms with E-state index in [1.54, 1.807) is 45.0 Å². The van der Waals surface area contributed by atoms with E-state index in [9.17, 15) is 22.8 Å². The van der Waals surface area contributed by atoms with E-state index in [1.807, 2.05) is 18.2 Å². The third-order valence-electron chi connectivity index (χ3n) is 3.78. The summed E-state index contributed by atoms with van der Waals surface area (Å²) in [5, 5.41) is 1.62. The van der Waals surface area contributed by atoms with Gasteiger partial charge in [-0.15, -0.1) is 0 Å². The van der Waals surface area contributed by atoms with Crippen molar-refractivity contribution in [3.63, 3.8) is 0 Å². The largest absolute Gasteiger partial charge is 0.471 e. The Morgan fingerprint density at radius 2 is 1.63 bits per heavy atom. The van der Waals surface area contributed by atoms with Crippen LogP contribution in [0.4, 0.5) is 13.2 Å². The van der Waals surface area contributed by atoms with Crippen LogP contribution in [0, 0.1) is 0 Å². The molecule has 1 amide bonds. The van der Waals surface area contributed by atoms with Gasteiger partial charge in [-0.1, -0.05) is 42.5 Å². The Balaban J connectivity index is 2.22. The first-order valence-corrected chi connectivity index (χ1v) is 8.52. The zero-order chi connectivity index (χ0) is 20.2. The second-order valence-corrected chi connectivity index (χ2v) is 7.20. The summed E-state index contributed by atoms with van der Waals surface area (Å²) >= 11 is 0. The van der Waals surface area contributed by atoms with E-state index in [4.69, 9.17) is 4.74 Å². The minimum atomic E-state index is -5.02. The first-order chi connectivity index (χ1) is 12.5. The van der Waals surface area contributed by atoms with Crippen LogP contribution < -0.4 is 0 Å². The number of esters is 1. The van der Waals surface area contributed by atoms with Crippen molar-refractivity contribution in [2.75, 3.05) is 6.54 Å². The Morgan fingerprint density at radius 1 is 1.00 bits per heavy atom. The number of hydrogen-bond acceptors (Lipinski definition) is 3. The Bertz CT molecular complexity index is 820. The molecule has 27 heavy (non-hydrogen) atoms. The number of benzene rings is 2. The summed E-state index contributed by atoms with van der Waals surface area (Å²) in [6, 6.07) is 12.5. The first-order valence-electron chi connectivity index (χ1n) is 8.52. The standard InChI is InChI=1S/C20H22F3NO3/c1-19(2,3)27-17(25)11-12-24(18(26)20(21,22)23)13-15-9-6-8-14-7-4-5-10-16(14)15/h4-10H,11-13H2,1-3H3. The van der Waals surface area contributed by atoms with Gasteiger partial charge in [0.25, 0.3) is 0 Å². The molecule has 0 aromatic heterocycles. The van der Waals surface area contributed by atoms with Gasteiger partial charge in [0, 0.05) is 13.1 Å². The maximum absolute atomic E-state index is 13.0. The lowest BCUT2D eigenvalue weighted by atomic mass is 10.0. The number of amides is 1. The molecule has 0 unspecified atom stereocenters. The van der Waals surface area contributed by atoms with E-state index in [2.05, 4.69) is 0 Å². The van der Waals surface area contributed by atoms with Crippen LogP contribution in [0.25, 0.3) is 10.8 Å². The summed E-state index contributed by atoms with van der Waals surface area (Å²) in [5.41, 5.74) is -0.166. The minimum absolute atomic E-state index is 0.248. The van der Waals surface area contributed by atoms with E-state index in [-0.39, 0.29) is 19.5 Å². The monoisotopic (exact) mass is 381 g/mol. The van der Waals surface area contributed by atoms with Crippen molar-refractivity contribution < 1.29 is 27.5 Å². The third kappa shape index (κ3) is 5.98. The van der Waals surface area contributed by atoms with Crippen LogP contribution in [0.2, 0.25) is 0 Å². The van der Waals surface area contributed by atoms with E-state index in [0.717, 1.165) is 10.8 Å². The van der Waals surface area contributed by atoms with Crippen LogP contribution in [0.5, 0.6) is 0 Å². The van der Waals surface area contributed by atoms with Crippen molar-refractivity contribution in [3.8, 4) is 0 Å². The quantitative estimate of drug-likeness (QED) is 0.719. The number of nitrogens with zero attached hydrogens (tertiary/aromatic N) is 1. The third-order valence-corrected chi connectivity index (χ3v) is 3.78. The van der Waals surface area contributed by atoms with E-state index in [0.29, 0.717) is 10.5 Å². The zero-order valence-corrected chi connectivity index (χ0v) is 15.5. The lowest BCUT2D eigenvalue weighted by Gasteiger charge is -2.25. The minimum Gasteiger partial charge on any atom is -0.460 e. The van der Waals surface area contributed by atoms with Crippen molar-refractivity contribution in [1.82, 2.24) is 4.90 Å². The summed E-state index contributed by atoms with van der Waals surface area (Å²) in [6.45, 7) is 4.37. The maximum Gasteiger partial charge on any atom is 0.471 e. The highest BCUT2D eigenvalue weighted by Crippen LogP contribution is 2.24. The smallest absolute Gasteiger partial charge is 0.460 e. The fraction of sp³-hybridized carbons (Fsp3) is 0.400. The molecule has 0 aliphatic heterocycles. The molecule has 2 aromatic carbocycles. The Kier molecular flexibility index (Phi) is 6.13. The molecule has 0 aliphatic carbocycles. The van der Waals surface area contributed by atoms with Gasteiger partial charge in [-0.2, -0.15) is 13.2 Å². The fourth-order valence-corrected chi connectivity index (χ4v) is 2.69. The molecule has 0 fully saturated rings. The number of halogens is 3. The summed E-state index contributed by atoms with van der Waals surface area (Å²) in [6.07, 6.45) is -5.33. The number of alkyl halides is 3. The normalized spacial score (nSPS) is 12.1. The van der Waals surface area contributed by atoms with Crippen molar-refractivity contribution >= 4 is 22.6 Å². The highest BCUT2D eigenvalue weighted by Gasteiger charge is 2.42. The van der Waals surface area contributed by atoms with Gasteiger partial charge >= 0.3 is 18.1 Å². The number of rotatable bonds is 5. The number of fused-ring (bicyclic) bond motifs is 1. The predicted octanol–water partition coefficient (Wildman–Crippen LogP) is 4.46. The summed E-state index contributed by atoms with van der Waals surface area (Å²) in [7, 11) is 0. The fourth-order valence-electron chi connectivity index (χ4n) is 2.69. The summed E-state index contributed by atoms with van der Waals surface area (Å²) in [4.78, 5) is 24.4. The van der Waals surface area contributed by atoms with Crippen molar-refractivity contribution in [3.05, 3.63) is 48.0 Å². The van der Waals surface area contributed by atoms with Crippen molar-refractivity contribution in [2.45, 2.75) is 45.5 Å². The molecular weight excluding hydrogens is 359 g/mol. The van der Waals surface area contributed by atoms with Gasteiger partial charge in [-0.05, 0) is 37.1 Å². The van der Waals surface area contributed by atoms with Gasteiger partial charge in [0.1, 0.15) is 5.60 Å².